The number of benzene rings is 13. The van der Waals surface area contributed by atoms with E-state index in [-0.39, 0.29) is 0 Å². The van der Waals surface area contributed by atoms with Crippen LogP contribution in [0.1, 0.15) is 22.3 Å². The average molecular weight is 1110 g/mol. The third-order valence-electron chi connectivity index (χ3n) is 17.3. The van der Waals surface area contributed by atoms with Crippen LogP contribution in [-0.4, -0.2) is 13.7 Å². The molecule has 5 nitrogen and oxygen atoms in total. The molecule has 87 heavy (non-hydrogen) atoms. The van der Waals surface area contributed by atoms with Crippen molar-refractivity contribution in [1.29, 1.82) is 10.5 Å². The minimum Gasteiger partial charge on any atom is -0.306 e. The number of hydrogen-bond donors (Lipinski definition) is 0. The lowest BCUT2D eigenvalue weighted by Crippen LogP contribution is -2.15. The Bertz CT molecular complexity index is 5000. The van der Waals surface area contributed by atoms with E-state index in [1.54, 1.807) is 0 Å². The predicted octanol–water partition coefficient (Wildman–Crippen LogP) is 21.2. The summed E-state index contributed by atoms with van der Waals surface area (Å²) in [4.78, 5) is 0. The summed E-state index contributed by atoms with van der Waals surface area (Å²) in [6, 6.07) is 110. The zero-order valence-electron chi connectivity index (χ0n) is 47.2. The van der Waals surface area contributed by atoms with E-state index in [9.17, 15) is 10.5 Å². The van der Waals surface area contributed by atoms with Crippen LogP contribution in [-0.2, 0) is 0 Å². The highest BCUT2D eigenvalue weighted by atomic mass is 15.1. The minimum absolute atomic E-state index is 0.372. The van der Waals surface area contributed by atoms with Crippen LogP contribution in [0.2, 0.25) is 0 Å². The molecular formula is C82H51N5. The van der Waals surface area contributed by atoms with Gasteiger partial charge >= 0.3 is 0 Å². The van der Waals surface area contributed by atoms with Crippen molar-refractivity contribution >= 4 is 77.6 Å². The highest BCUT2D eigenvalue weighted by Crippen LogP contribution is 2.50. The van der Waals surface area contributed by atoms with Gasteiger partial charge in [0.25, 0.3) is 0 Å². The predicted molar refractivity (Wildman–Crippen MR) is 361 cm³/mol. The molecule has 0 fully saturated rings. The molecule has 0 bridgehead atoms. The molecule has 0 spiro atoms. The van der Waals surface area contributed by atoms with Gasteiger partial charge in [0.1, 0.15) is 12.1 Å². The fourth-order valence-electron chi connectivity index (χ4n) is 13.3. The highest BCUT2D eigenvalue weighted by molar-refractivity contribution is 6.16. The monoisotopic (exact) mass is 1110 g/mol. The fraction of sp³-hybridized carbons (Fsp3) is 0. The molecule has 3 aromatic heterocycles. The number of para-hydroxylation sites is 2. The Morgan fingerprint density at radius 2 is 0.506 bits per heavy atom. The van der Waals surface area contributed by atoms with Crippen LogP contribution < -0.4 is 0 Å². The molecule has 0 unspecified atom stereocenters. The number of aromatic nitrogens is 3. The molecule has 3 heterocycles. The SMILES string of the molecule is N#Cc1c(-c2ccc(/C=C/c3ccccc3)cc2)c(C#N)c(-n2c3ccc(-c4ccccc4)cc3c3cc(-c4ccccc4)ccc32)c(-n2c3ccccc3c3ccccc32)c1-n1c2ccc(-c3ccccc3)cc2c2cc(-c3ccccc3)ccc21. The Kier molecular flexibility index (Phi) is 12.2. The van der Waals surface area contributed by atoms with Crippen LogP contribution in [0.4, 0.5) is 0 Å². The first kappa shape index (κ1) is 50.7. The molecule has 0 saturated heterocycles. The molecule has 404 valence electrons. The second kappa shape index (κ2) is 21.0. The van der Waals surface area contributed by atoms with Crippen molar-refractivity contribution in [3.63, 3.8) is 0 Å². The van der Waals surface area contributed by atoms with Crippen molar-refractivity contribution in [2.75, 3.05) is 0 Å². The summed E-state index contributed by atoms with van der Waals surface area (Å²) in [6.45, 7) is 0. The lowest BCUT2D eigenvalue weighted by atomic mass is 9.89. The van der Waals surface area contributed by atoms with Gasteiger partial charge in [-0.2, -0.15) is 10.5 Å². The van der Waals surface area contributed by atoms with Crippen LogP contribution in [0.5, 0.6) is 0 Å². The maximum atomic E-state index is 12.6. The van der Waals surface area contributed by atoms with Crippen LogP contribution in [0, 0.1) is 22.7 Å². The summed E-state index contributed by atoms with van der Waals surface area (Å²) in [7, 11) is 0. The molecule has 0 radical (unpaired) electrons. The quantitative estimate of drug-likeness (QED) is 0.128. The molecule has 0 aliphatic carbocycles. The first-order chi connectivity index (χ1) is 43.1. The zero-order chi connectivity index (χ0) is 58.0. The van der Waals surface area contributed by atoms with Gasteiger partial charge in [0.05, 0.1) is 61.3 Å². The number of rotatable bonds is 10. The Hall–Kier alpha value is -12.0. The topological polar surface area (TPSA) is 62.4 Å². The second-order valence-electron chi connectivity index (χ2n) is 22.2. The van der Waals surface area contributed by atoms with Crippen LogP contribution in [0.3, 0.4) is 0 Å². The van der Waals surface area contributed by atoms with Crippen LogP contribution >= 0.6 is 0 Å². The summed E-state index contributed by atoms with van der Waals surface area (Å²) in [5.41, 5.74) is 20.4. The molecule has 0 amide bonds. The van der Waals surface area contributed by atoms with Gasteiger partial charge in [0.15, 0.2) is 0 Å². The smallest absolute Gasteiger partial charge is 0.102 e. The van der Waals surface area contributed by atoms with E-state index in [2.05, 4.69) is 317 Å². The van der Waals surface area contributed by atoms with Crippen molar-refractivity contribution in [2.24, 2.45) is 0 Å². The third kappa shape index (κ3) is 8.45. The van der Waals surface area contributed by atoms with Crippen LogP contribution in [0.25, 0.3) is 150 Å². The maximum absolute atomic E-state index is 12.6. The van der Waals surface area contributed by atoms with E-state index in [1.807, 2.05) is 18.2 Å². The maximum Gasteiger partial charge on any atom is 0.102 e. The number of nitrogens with zero attached hydrogens (tertiary/aromatic N) is 5. The molecule has 0 atom stereocenters. The zero-order valence-corrected chi connectivity index (χ0v) is 47.2. The van der Waals surface area contributed by atoms with Crippen LogP contribution in [0.15, 0.2) is 297 Å². The van der Waals surface area contributed by atoms with E-state index < -0.39 is 0 Å². The summed E-state index contributed by atoms with van der Waals surface area (Å²) in [6.07, 6.45) is 4.21. The molecule has 16 rings (SSSR count). The third-order valence-corrected chi connectivity index (χ3v) is 17.3. The Balaban J connectivity index is 1.12. The van der Waals surface area contributed by atoms with Gasteiger partial charge in [-0.05, 0) is 122 Å². The fourth-order valence-corrected chi connectivity index (χ4v) is 13.3. The minimum atomic E-state index is 0.372. The molecule has 5 heteroatoms. The Labute approximate surface area is 503 Å². The largest absolute Gasteiger partial charge is 0.306 e. The Morgan fingerprint density at radius 1 is 0.230 bits per heavy atom. The van der Waals surface area contributed by atoms with E-state index in [1.165, 1.54) is 0 Å². The van der Waals surface area contributed by atoms with Gasteiger partial charge in [0.2, 0.25) is 0 Å². The van der Waals surface area contributed by atoms with Gasteiger partial charge in [-0.25, -0.2) is 0 Å². The molecule has 0 aliphatic heterocycles. The molecule has 16 aromatic rings. The summed E-state index contributed by atoms with van der Waals surface area (Å²) in [5, 5.41) is 31.3. The molecule has 13 aromatic carbocycles. The molecule has 0 aliphatic rings. The normalized spacial score (nSPS) is 11.6. The van der Waals surface area contributed by atoms with Crippen molar-refractivity contribution in [3.8, 4) is 84.8 Å². The van der Waals surface area contributed by atoms with Gasteiger partial charge in [0, 0.05) is 37.9 Å². The van der Waals surface area contributed by atoms with E-state index in [0.29, 0.717) is 33.8 Å². The van der Waals surface area contributed by atoms with Gasteiger partial charge in [-0.15, -0.1) is 0 Å². The first-order valence-electron chi connectivity index (χ1n) is 29.4. The molecular weight excluding hydrogens is 1050 g/mol. The highest BCUT2D eigenvalue weighted by Gasteiger charge is 2.34. The number of hydrogen-bond acceptors (Lipinski definition) is 2. The lowest BCUT2D eigenvalue weighted by molar-refractivity contribution is 1.04. The standard InChI is InChI=1S/C82H51N5/c83-52-71-79(60-38-36-55(37-39-60)35-34-54-20-6-1-7-21-54)72(53-84)81(86-77-46-42-63(58-26-12-4-13-27-58)50-69(77)70-51-64(43-47-78(70)86)59-28-14-5-15-29-59)82(87-73-32-18-16-30-65(73)66-31-17-19-33-74(66)87)80(71)85-75-44-40-61(56-22-8-2-9-23-56)48-67(75)68-49-62(41-45-76(68)85)57-24-10-3-11-25-57/h1-51H/b35-34+. The lowest BCUT2D eigenvalue weighted by Gasteiger charge is -2.26. The number of nitriles is 2. The first-order valence-corrected chi connectivity index (χ1v) is 29.4. The van der Waals surface area contributed by atoms with Crippen molar-refractivity contribution in [3.05, 3.63) is 320 Å². The average Bonchev–Trinajstić information content (AvgIpc) is 1.69. The van der Waals surface area contributed by atoms with E-state index in [4.69, 9.17) is 0 Å². The Morgan fingerprint density at radius 3 is 0.851 bits per heavy atom. The summed E-state index contributed by atoms with van der Waals surface area (Å²) < 4.78 is 6.98. The van der Waals surface area contributed by atoms with Crippen molar-refractivity contribution in [2.45, 2.75) is 0 Å². The number of fused-ring (bicyclic) bond motifs is 9. The van der Waals surface area contributed by atoms with E-state index >= 15 is 0 Å². The van der Waals surface area contributed by atoms with Gasteiger partial charge in [-0.3, -0.25) is 0 Å². The van der Waals surface area contributed by atoms with Crippen molar-refractivity contribution < 1.29 is 0 Å². The van der Waals surface area contributed by atoms with E-state index in [0.717, 1.165) is 127 Å². The summed E-state index contributed by atoms with van der Waals surface area (Å²) in [5.74, 6) is 0. The van der Waals surface area contributed by atoms with Gasteiger partial charge < -0.3 is 13.7 Å². The molecule has 0 saturated carbocycles. The second-order valence-corrected chi connectivity index (χ2v) is 22.2. The molecule has 0 N–H and O–H groups in total. The summed E-state index contributed by atoms with van der Waals surface area (Å²) >= 11 is 0. The van der Waals surface area contributed by atoms with Crippen molar-refractivity contribution in [1.82, 2.24) is 13.7 Å². The van der Waals surface area contributed by atoms with Gasteiger partial charge in [-0.1, -0.05) is 249 Å².